The highest BCUT2D eigenvalue weighted by atomic mass is 32.2. The van der Waals surface area contributed by atoms with E-state index >= 15 is 0 Å². The Balaban J connectivity index is 1.65. The van der Waals surface area contributed by atoms with E-state index in [-0.39, 0.29) is 11.9 Å². The molecule has 1 saturated carbocycles. The number of nitrogens with zero attached hydrogens (tertiary/aromatic N) is 1. The summed E-state index contributed by atoms with van der Waals surface area (Å²) in [5.41, 5.74) is 0. The molecule has 2 aliphatic rings. The van der Waals surface area contributed by atoms with Crippen LogP contribution >= 0.6 is 11.8 Å². The van der Waals surface area contributed by atoms with Crippen LogP contribution < -0.4 is 10.6 Å². The number of amidine groups is 1. The van der Waals surface area contributed by atoms with E-state index in [1.807, 2.05) is 13.8 Å². The summed E-state index contributed by atoms with van der Waals surface area (Å²) < 4.78 is 0. The van der Waals surface area contributed by atoms with E-state index in [0.29, 0.717) is 11.8 Å². The molecule has 1 amide bonds. The number of nitrogens with one attached hydrogen (secondary N) is 2. The lowest BCUT2D eigenvalue weighted by molar-refractivity contribution is -0.120. The molecule has 1 atom stereocenters. The average molecular weight is 241 g/mol. The highest BCUT2D eigenvalue weighted by Gasteiger charge is 2.35. The molecule has 0 aromatic heterocycles. The molecule has 0 saturated heterocycles. The van der Waals surface area contributed by atoms with Crippen molar-refractivity contribution in [3.63, 3.8) is 0 Å². The Labute approximate surface area is 101 Å². The predicted molar refractivity (Wildman–Crippen MR) is 67.7 cm³/mol. The van der Waals surface area contributed by atoms with Gasteiger partial charge in [0.15, 0.2) is 5.17 Å². The third-order valence-electron chi connectivity index (χ3n) is 2.68. The first kappa shape index (κ1) is 11.8. The number of carbonyl (C=O) groups excluding carboxylic acids is 1. The minimum Gasteiger partial charge on any atom is -0.356 e. The first-order chi connectivity index (χ1) is 7.65. The topological polar surface area (TPSA) is 53.5 Å². The van der Waals surface area contributed by atoms with E-state index in [2.05, 4.69) is 15.6 Å². The second-order valence-electron chi connectivity index (χ2n) is 4.72. The Morgan fingerprint density at radius 1 is 1.56 bits per heavy atom. The Hall–Kier alpha value is -0.710. The molecule has 16 heavy (non-hydrogen) atoms. The van der Waals surface area contributed by atoms with Gasteiger partial charge in [0.2, 0.25) is 5.91 Å². The highest BCUT2D eigenvalue weighted by Crippen LogP contribution is 2.41. The van der Waals surface area contributed by atoms with Crippen LogP contribution in [0.25, 0.3) is 0 Å². The number of amides is 1. The van der Waals surface area contributed by atoms with Gasteiger partial charge in [-0.2, -0.15) is 0 Å². The fourth-order valence-electron chi connectivity index (χ4n) is 1.73. The molecular formula is C11H19N3OS. The van der Waals surface area contributed by atoms with Gasteiger partial charge >= 0.3 is 0 Å². The van der Waals surface area contributed by atoms with Crippen molar-refractivity contribution in [2.45, 2.75) is 38.0 Å². The average Bonchev–Trinajstić information content (AvgIpc) is 2.94. The zero-order valence-corrected chi connectivity index (χ0v) is 10.6. The molecule has 0 radical (unpaired) electrons. The van der Waals surface area contributed by atoms with Gasteiger partial charge in [0.1, 0.15) is 0 Å². The zero-order chi connectivity index (χ0) is 11.5. The predicted octanol–water partition coefficient (Wildman–Crippen LogP) is 0.982. The minimum atomic E-state index is 0.0353. The van der Waals surface area contributed by atoms with Crippen LogP contribution in [0.1, 0.15) is 26.7 Å². The first-order valence-corrected chi connectivity index (χ1v) is 6.77. The largest absolute Gasteiger partial charge is 0.356 e. The summed E-state index contributed by atoms with van der Waals surface area (Å²) >= 11 is 1.80. The highest BCUT2D eigenvalue weighted by molar-refractivity contribution is 8.14. The van der Waals surface area contributed by atoms with Crippen LogP contribution in [0.5, 0.6) is 0 Å². The molecule has 0 bridgehead atoms. The van der Waals surface area contributed by atoms with E-state index in [9.17, 15) is 4.79 Å². The van der Waals surface area contributed by atoms with Gasteiger partial charge in [-0.25, -0.2) is 0 Å². The summed E-state index contributed by atoms with van der Waals surface area (Å²) in [5, 5.41) is 7.55. The van der Waals surface area contributed by atoms with Gasteiger partial charge in [-0.3, -0.25) is 9.79 Å². The molecule has 1 aliphatic heterocycles. The summed E-state index contributed by atoms with van der Waals surface area (Å²) in [4.78, 5) is 15.8. The van der Waals surface area contributed by atoms with E-state index in [1.54, 1.807) is 11.8 Å². The maximum Gasteiger partial charge on any atom is 0.239 e. The Kier molecular flexibility index (Phi) is 3.74. The fraction of sp³-hybridized carbons (Fsp3) is 0.818. The van der Waals surface area contributed by atoms with Gasteiger partial charge in [0, 0.05) is 11.3 Å². The molecule has 4 nitrogen and oxygen atoms in total. The summed E-state index contributed by atoms with van der Waals surface area (Å²) in [6, 6.07) is 0.201. The molecule has 90 valence electrons. The molecule has 1 unspecified atom stereocenters. The summed E-state index contributed by atoms with van der Waals surface area (Å²) in [7, 11) is 0. The molecule has 1 aliphatic carbocycles. The third kappa shape index (κ3) is 3.40. The molecule has 0 aromatic carbocycles. The minimum absolute atomic E-state index is 0.0353. The fourth-order valence-corrected chi connectivity index (χ4v) is 2.94. The molecule has 1 heterocycles. The van der Waals surface area contributed by atoms with Crippen molar-refractivity contribution >= 4 is 22.8 Å². The molecule has 5 heteroatoms. The van der Waals surface area contributed by atoms with Gasteiger partial charge < -0.3 is 10.6 Å². The van der Waals surface area contributed by atoms with Crippen molar-refractivity contribution in [3.8, 4) is 0 Å². The monoisotopic (exact) mass is 241 g/mol. The Morgan fingerprint density at radius 3 is 2.94 bits per heavy atom. The normalized spacial score (nSPS) is 24.4. The van der Waals surface area contributed by atoms with Crippen molar-refractivity contribution in [2.24, 2.45) is 10.9 Å². The lowest BCUT2D eigenvalue weighted by Crippen LogP contribution is -2.38. The van der Waals surface area contributed by atoms with E-state index in [1.165, 1.54) is 12.8 Å². The molecule has 1 fully saturated rings. The standard InChI is InChI=1S/C11H19N3OS/c1-7(2)14-10(15)6-13-11-12-5-9(16-11)8-3-4-8/h7-9H,3-6H2,1-2H3,(H,12,13)(H,14,15). The van der Waals surface area contributed by atoms with Crippen molar-refractivity contribution in [1.82, 2.24) is 10.6 Å². The molecular weight excluding hydrogens is 222 g/mol. The van der Waals surface area contributed by atoms with Gasteiger partial charge in [0.25, 0.3) is 0 Å². The molecule has 0 spiro atoms. The van der Waals surface area contributed by atoms with Crippen molar-refractivity contribution < 1.29 is 4.79 Å². The van der Waals surface area contributed by atoms with Crippen LogP contribution in [0.3, 0.4) is 0 Å². The van der Waals surface area contributed by atoms with Gasteiger partial charge in [-0.05, 0) is 32.6 Å². The van der Waals surface area contributed by atoms with Crippen molar-refractivity contribution in [2.75, 3.05) is 13.1 Å². The summed E-state index contributed by atoms with van der Waals surface area (Å²) in [6.07, 6.45) is 2.71. The SMILES string of the molecule is CC(C)NC(=O)CNC1=NCC(C2CC2)S1. The third-order valence-corrected chi connectivity index (χ3v) is 4.01. The quantitative estimate of drug-likeness (QED) is 0.771. The Bertz CT molecular complexity index is 300. The van der Waals surface area contributed by atoms with Crippen LogP contribution in [-0.4, -0.2) is 35.5 Å². The second-order valence-corrected chi connectivity index (χ2v) is 5.94. The van der Waals surface area contributed by atoms with Crippen LogP contribution in [0.4, 0.5) is 0 Å². The number of aliphatic imine (C=N–C) groups is 1. The van der Waals surface area contributed by atoms with Crippen LogP contribution in [0.2, 0.25) is 0 Å². The van der Waals surface area contributed by atoms with Crippen LogP contribution in [-0.2, 0) is 4.79 Å². The molecule has 2 N–H and O–H groups in total. The number of hydrogen-bond acceptors (Lipinski definition) is 4. The molecule has 0 aromatic rings. The van der Waals surface area contributed by atoms with Gasteiger partial charge in [-0.15, -0.1) is 0 Å². The Morgan fingerprint density at radius 2 is 2.31 bits per heavy atom. The second kappa shape index (κ2) is 5.08. The van der Waals surface area contributed by atoms with E-state index in [4.69, 9.17) is 0 Å². The van der Waals surface area contributed by atoms with Gasteiger partial charge in [-0.1, -0.05) is 11.8 Å². The lowest BCUT2D eigenvalue weighted by Gasteiger charge is -2.10. The van der Waals surface area contributed by atoms with Crippen molar-refractivity contribution in [1.29, 1.82) is 0 Å². The zero-order valence-electron chi connectivity index (χ0n) is 9.82. The first-order valence-electron chi connectivity index (χ1n) is 5.89. The van der Waals surface area contributed by atoms with Crippen molar-refractivity contribution in [3.05, 3.63) is 0 Å². The number of hydrogen-bond donors (Lipinski definition) is 2. The maximum absolute atomic E-state index is 11.4. The van der Waals surface area contributed by atoms with Gasteiger partial charge in [0.05, 0.1) is 13.1 Å². The molecule has 2 rings (SSSR count). The smallest absolute Gasteiger partial charge is 0.239 e. The summed E-state index contributed by atoms with van der Waals surface area (Å²) in [6.45, 7) is 5.18. The van der Waals surface area contributed by atoms with E-state index < -0.39 is 0 Å². The summed E-state index contributed by atoms with van der Waals surface area (Å²) in [5.74, 6) is 0.908. The van der Waals surface area contributed by atoms with Crippen LogP contribution in [0, 0.1) is 5.92 Å². The number of rotatable bonds is 4. The van der Waals surface area contributed by atoms with Crippen LogP contribution in [0.15, 0.2) is 4.99 Å². The van der Waals surface area contributed by atoms with E-state index in [0.717, 1.165) is 17.6 Å². The maximum atomic E-state index is 11.4. The number of thioether (sulfide) groups is 1. The lowest BCUT2D eigenvalue weighted by atomic mass is 10.3. The number of carbonyl (C=O) groups is 1.